The largest absolute Gasteiger partial charge is 0.487 e. The van der Waals surface area contributed by atoms with Gasteiger partial charge in [-0.1, -0.05) is 29.8 Å². The van der Waals surface area contributed by atoms with Crippen LogP contribution < -0.4 is 10.1 Å². The van der Waals surface area contributed by atoms with Crippen LogP contribution in [0.4, 0.5) is 0 Å². The zero-order valence-corrected chi connectivity index (χ0v) is 14.1. The van der Waals surface area contributed by atoms with Gasteiger partial charge in [-0.25, -0.2) is 0 Å². The Kier molecular flexibility index (Phi) is 5.59. The Morgan fingerprint density at radius 2 is 1.96 bits per heavy atom. The van der Waals surface area contributed by atoms with Gasteiger partial charge in [0.2, 0.25) is 0 Å². The molecule has 3 aromatic rings. The molecule has 1 N–H and O–H groups in total. The fourth-order valence-corrected chi connectivity index (χ4v) is 2.35. The van der Waals surface area contributed by atoms with E-state index >= 15 is 0 Å². The first-order valence-corrected chi connectivity index (χ1v) is 8.10. The summed E-state index contributed by atoms with van der Waals surface area (Å²) < 4.78 is 5.73. The fraction of sp³-hybridized carbons (Fsp3) is 0.105. The summed E-state index contributed by atoms with van der Waals surface area (Å²) in [7, 11) is 0. The van der Waals surface area contributed by atoms with Crippen molar-refractivity contribution < 1.29 is 9.53 Å². The van der Waals surface area contributed by atoms with Gasteiger partial charge in [-0.15, -0.1) is 0 Å². The minimum Gasteiger partial charge on any atom is -0.487 e. The summed E-state index contributed by atoms with van der Waals surface area (Å²) in [6.07, 6.45) is 3.23. The van der Waals surface area contributed by atoms with Crippen molar-refractivity contribution in [3.05, 3.63) is 89.0 Å². The lowest BCUT2D eigenvalue weighted by molar-refractivity contribution is 0.0946. The molecule has 25 heavy (non-hydrogen) atoms. The topological polar surface area (TPSA) is 64.1 Å². The van der Waals surface area contributed by atoms with Crippen molar-refractivity contribution in [1.82, 2.24) is 15.3 Å². The second-order valence-corrected chi connectivity index (χ2v) is 5.74. The number of halogens is 1. The normalized spacial score (nSPS) is 10.3. The van der Waals surface area contributed by atoms with Crippen molar-refractivity contribution in [2.45, 2.75) is 13.2 Å². The zero-order valence-electron chi connectivity index (χ0n) is 13.4. The van der Waals surface area contributed by atoms with Gasteiger partial charge >= 0.3 is 0 Å². The van der Waals surface area contributed by atoms with Gasteiger partial charge in [-0.3, -0.25) is 14.8 Å². The number of nitrogens with one attached hydrogen (secondary N) is 1. The van der Waals surface area contributed by atoms with Gasteiger partial charge in [0.05, 0.1) is 5.69 Å². The van der Waals surface area contributed by atoms with Crippen LogP contribution in [0.3, 0.4) is 0 Å². The number of nitrogens with zero attached hydrogens (tertiary/aromatic N) is 2. The molecule has 5 nitrogen and oxygen atoms in total. The minimum absolute atomic E-state index is 0.276. The van der Waals surface area contributed by atoms with Crippen LogP contribution in [-0.2, 0) is 13.2 Å². The third-order valence-corrected chi connectivity index (χ3v) is 3.65. The van der Waals surface area contributed by atoms with E-state index in [-0.39, 0.29) is 11.6 Å². The van der Waals surface area contributed by atoms with E-state index in [2.05, 4.69) is 15.3 Å². The molecule has 1 aromatic carbocycles. The molecule has 126 valence electrons. The van der Waals surface area contributed by atoms with Crippen LogP contribution in [0, 0.1) is 0 Å². The summed E-state index contributed by atoms with van der Waals surface area (Å²) in [6, 6.07) is 16.4. The predicted molar refractivity (Wildman–Crippen MR) is 95.4 cm³/mol. The first-order chi connectivity index (χ1) is 12.2. The van der Waals surface area contributed by atoms with Gasteiger partial charge < -0.3 is 10.1 Å². The molecule has 0 atom stereocenters. The standard InChI is InChI=1S/C19H16ClN3O2/c20-15-7-9-22-18(11-15)19(24)23-12-14-4-3-6-17(10-14)25-13-16-5-1-2-8-21-16/h1-11H,12-13H2,(H,23,24). The summed E-state index contributed by atoms with van der Waals surface area (Å²) in [4.78, 5) is 20.3. The van der Waals surface area contributed by atoms with Gasteiger partial charge in [0, 0.05) is 24.0 Å². The second-order valence-electron chi connectivity index (χ2n) is 5.30. The molecule has 0 fully saturated rings. The highest BCUT2D eigenvalue weighted by atomic mass is 35.5. The lowest BCUT2D eigenvalue weighted by Gasteiger charge is -2.09. The van der Waals surface area contributed by atoms with E-state index in [1.807, 2.05) is 42.5 Å². The zero-order chi connectivity index (χ0) is 17.5. The average molecular weight is 354 g/mol. The molecule has 0 spiro atoms. The highest BCUT2D eigenvalue weighted by Crippen LogP contribution is 2.15. The number of amides is 1. The first-order valence-electron chi connectivity index (χ1n) is 7.72. The third kappa shape index (κ3) is 5.02. The molecule has 2 aromatic heterocycles. The molecule has 1 amide bonds. The summed E-state index contributed by atoms with van der Waals surface area (Å²) >= 11 is 5.87. The molecule has 0 aliphatic heterocycles. The van der Waals surface area contributed by atoms with Crippen molar-refractivity contribution in [3.63, 3.8) is 0 Å². The van der Waals surface area contributed by atoms with Crippen molar-refractivity contribution in [1.29, 1.82) is 0 Å². The number of rotatable bonds is 6. The van der Waals surface area contributed by atoms with E-state index < -0.39 is 0 Å². The number of carbonyl (C=O) groups is 1. The molecular weight excluding hydrogens is 338 g/mol. The van der Waals surface area contributed by atoms with Gasteiger partial charge in [0.25, 0.3) is 5.91 Å². The predicted octanol–water partition coefficient (Wildman–Crippen LogP) is 3.64. The molecule has 2 heterocycles. The van der Waals surface area contributed by atoms with Crippen LogP contribution in [0.1, 0.15) is 21.7 Å². The Bertz CT molecular complexity index is 856. The average Bonchev–Trinajstić information content (AvgIpc) is 2.66. The summed E-state index contributed by atoms with van der Waals surface area (Å²) in [5.41, 5.74) is 2.07. The molecule has 3 rings (SSSR count). The summed E-state index contributed by atoms with van der Waals surface area (Å²) in [5, 5.41) is 3.29. The SMILES string of the molecule is O=C(NCc1cccc(OCc2ccccn2)c1)c1cc(Cl)ccn1. The van der Waals surface area contributed by atoms with Crippen molar-refractivity contribution in [2.75, 3.05) is 0 Å². The maximum absolute atomic E-state index is 12.1. The maximum atomic E-state index is 12.1. The van der Waals surface area contributed by atoms with E-state index in [0.29, 0.717) is 18.2 Å². The maximum Gasteiger partial charge on any atom is 0.270 e. The van der Waals surface area contributed by atoms with E-state index in [0.717, 1.165) is 17.0 Å². The Balaban J connectivity index is 1.57. The lowest BCUT2D eigenvalue weighted by atomic mass is 10.2. The molecule has 0 aliphatic rings. The van der Waals surface area contributed by atoms with Crippen LogP contribution >= 0.6 is 11.6 Å². The Labute approximate surface area is 150 Å². The van der Waals surface area contributed by atoms with E-state index in [1.165, 1.54) is 12.3 Å². The number of hydrogen-bond donors (Lipinski definition) is 1. The molecule has 0 bridgehead atoms. The van der Waals surface area contributed by atoms with E-state index in [9.17, 15) is 4.79 Å². The number of aromatic nitrogens is 2. The summed E-state index contributed by atoms with van der Waals surface area (Å²) in [5.74, 6) is 0.445. The highest BCUT2D eigenvalue weighted by Gasteiger charge is 2.07. The third-order valence-electron chi connectivity index (χ3n) is 3.42. The van der Waals surface area contributed by atoms with E-state index in [4.69, 9.17) is 16.3 Å². The monoisotopic (exact) mass is 353 g/mol. The molecule has 0 saturated carbocycles. The second kappa shape index (κ2) is 8.26. The van der Waals surface area contributed by atoms with Crippen LogP contribution in [0.5, 0.6) is 5.75 Å². The van der Waals surface area contributed by atoms with Crippen LogP contribution in [0.25, 0.3) is 0 Å². The molecule has 0 saturated heterocycles. The number of carbonyl (C=O) groups excluding carboxylic acids is 1. The number of hydrogen-bond acceptors (Lipinski definition) is 4. The van der Waals surface area contributed by atoms with Gasteiger partial charge in [-0.2, -0.15) is 0 Å². The van der Waals surface area contributed by atoms with Gasteiger partial charge in [0.1, 0.15) is 18.1 Å². The molecule has 0 aliphatic carbocycles. The highest BCUT2D eigenvalue weighted by molar-refractivity contribution is 6.30. The van der Waals surface area contributed by atoms with Crippen LogP contribution in [0.15, 0.2) is 67.0 Å². The Hall–Kier alpha value is -2.92. The lowest BCUT2D eigenvalue weighted by Crippen LogP contribution is -2.23. The quantitative estimate of drug-likeness (QED) is 0.734. The minimum atomic E-state index is -0.276. The van der Waals surface area contributed by atoms with Crippen LogP contribution in [0.2, 0.25) is 5.02 Å². The summed E-state index contributed by atoms with van der Waals surface area (Å²) in [6.45, 7) is 0.761. The van der Waals surface area contributed by atoms with Crippen LogP contribution in [-0.4, -0.2) is 15.9 Å². The van der Waals surface area contributed by atoms with Crippen molar-refractivity contribution in [2.24, 2.45) is 0 Å². The Morgan fingerprint density at radius 3 is 2.76 bits per heavy atom. The Morgan fingerprint density at radius 1 is 1.04 bits per heavy atom. The van der Waals surface area contributed by atoms with Crippen molar-refractivity contribution in [3.8, 4) is 5.75 Å². The first kappa shape index (κ1) is 16.9. The van der Waals surface area contributed by atoms with Gasteiger partial charge in [-0.05, 0) is 42.0 Å². The molecular formula is C19H16ClN3O2. The van der Waals surface area contributed by atoms with Crippen molar-refractivity contribution >= 4 is 17.5 Å². The number of pyridine rings is 2. The number of ether oxygens (including phenoxy) is 1. The molecule has 6 heteroatoms. The fourth-order valence-electron chi connectivity index (χ4n) is 2.19. The smallest absolute Gasteiger partial charge is 0.270 e. The van der Waals surface area contributed by atoms with Gasteiger partial charge in [0.15, 0.2) is 0 Å². The molecule has 0 unspecified atom stereocenters. The van der Waals surface area contributed by atoms with E-state index in [1.54, 1.807) is 12.3 Å². The number of benzene rings is 1. The molecule has 0 radical (unpaired) electrons.